The van der Waals surface area contributed by atoms with Gasteiger partial charge in [-0.05, 0) is 57.0 Å². The maximum Gasteiger partial charge on any atom is 0.115 e. The molecule has 1 saturated heterocycles. The summed E-state index contributed by atoms with van der Waals surface area (Å²) in [4.78, 5) is 2.53. The van der Waals surface area contributed by atoms with Gasteiger partial charge in [0.25, 0.3) is 0 Å². The van der Waals surface area contributed by atoms with Crippen LogP contribution < -0.4 is 5.32 Å². The van der Waals surface area contributed by atoms with Crippen LogP contribution in [0.25, 0.3) is 0 Å². The van der Waals surface area contributed by atoms with Crippen molar-refractivity contribution >= 4 is 0 Å². The van der Waals surface area contributed by atoms with E-state index in [1.165, 1.54) is 18.4 Å². The Hall–Kier alpha value is -1.06. The van der Waals surface area contributed by atoms with Gasteiger partial charge in [0.1, 0.15) is 5.75 Å². The van der Waals surface area contributed by atoms with Crippen LogP contribution in [0.4, 0.5) is 0 Å². The molecular formula is C16H26N2O. The van der Waals surface area contributed by atoms with Gasteiger partial charge in [0.2, 0.25) is 0 Å². The molecular weight excluding hydrogens is 236 g/mol. The van der Waals surface area contributed by atoms with Crippen LogP contribution in [0.15, 0.2) is 24.3 Å². The van der Waals surface area contributed by atoms with E-state index in [9.17, 15) is 5.11 Å². The van der Waals surface area contributed by atoms with Crippen molar-refractivity contribution in [2.75, 3.05) is 19.6 Å². The van der Waals surface area contributed by atoms with Gasteiger partial charge in [0.05, 0.1) is 0 Å². The van der Waals surface area contributed by atoms with E-state index in [-0.39, 0.29) is 0 Å². The maximum absolute atomic E-state index is 9.63. The lowest BCUT2D eigenvalue weighted by Crippen LogP contribution is -2.39. The Balaban J connectivity index is 2.04. The summed E-state index contributed by atoms with van der Waals surface area (Å²) in [5.41, 5.74) is 1.20. The average Bonchev–Trinajstić information content (AvgIpc) is 2.90. The van der Waals surface area contributed by atoms with E-state index in [1.807, 2.05) is 12.1 Å². The smallest absolute Gasteiger partial charge is 0.115 e. The molecule has 0 amide bonds. The minimum atomic E-state index is 0.356. The van der Waals surface area contributed by atoms with E-state index < -0.39 is 0 Å². The predicted molar refractivity (Wildman–Crippen MR) is 79.4 cm³/mol. The monoisotopic (exact) mass is 262 g/mol. The third kappa shape index (κ3) is 3.95. The Kier molecular flexibility index (Phi) is 5.23. The van der Waals surface area contributed by atoms with E-state index in [0.29, 0.717) is 17.8 Å². The molecule has 1 aliphatic rings. The number of hydrogen-bond acceptors (Lipinski definition) is 3. The molecule has 1 aromatic rings. The van der Waals surface area contributed by atoms with Gasteiger partial charge in [0, 0.05) is 18.6 Å². The molecule has 0 radical (unpaired) electrons. The number of hydrogen-bond donors (Lipinski definition) is 2. The Morgan fingerprint density at radius 2 is 2.32 bits per heavy atom. The quantitative estimate of drug-likeness (QED) is 0.827. The van der Waals surface area contributed by atoms with Gasteiger partial charge >= 0.3 is 0 Å². The van der Waals surface area contributed by atoms with Crippen molar-refractivity contribution in [3.63, 3.8) is 0 Å². The molecule has 106 valence electrons. The molecule has 1 heterocycles. The number of phenols is 1. The second kappa shape index (κ2) is 6.92. The maximum atomic E-state index is 9.63. The number of nitrogens with zero attached hydrogens (tertiary/aromatic N) is 1. The van der Waals surface area contributed by atoms with E-state index in [1.54, 1.807) is 6.07 Å². The van der Waals surface area contributed by atoms with E-state index in [4.69, 9.17) is 0 Å². The van der Waals surface area contributed by atoms with E-state index in [2.05, 4.69) is 30.1 Å². The Morgan fingerprint density at radius 1 is 1.47 bits per heavy atom. The van der Waals surface area contributed by atoms with Gasteiger partial charge in [-0.1, -0.05) is 19.1 Å². The predicted octanol–water partition coefficient (Wildman–Crippen LogP) is 2.92. The minimum absolute atomic E-state index is 0.356. The molecule has 3 heteroatoms. The Morgan fingerprint density at radius 3 is 2.95 bits per heavy atom. The highest BCUT2D eigenvalue weighted by Crippen LogP contribution is 2.24. The molecule has 0 aliphatic carbocycles. The molecule has 0 spiro atoms. The highest BCUT2D eigenvalue weighted by Gasteiger charge is 2.21. The molecule has 2 unspecified atom stereocenters. The fraction of sp³-hybridized carbons (Fsp3) is 0.625. The number of aromatic hydroxyl groups is 1. The largest absolute Gasteiger partial charge is 0.508 e. The molecule has 2 atom stereocenters. The first kappa shape index (κ1) is 14.4. The van der Waals surface area contributed by atoms with Crippen LogP contribution in [0.2, 0.25) is 0 Å². The molecule has 0 bridgehead atoms. The van der Waals surface area contributed by atoms with Crippen LogP contribution in [-0.2, 0) is 0 Å². The summed E-state index contributed by atoms with van der Waals surface area (Å²) in [6.45, 7) is 7.83. The zero-order valence-corrected chi connectivity index (χ0v) is 12.1. The highest BCUT2D eigenvalue weighted by molar-refractivity contribution is 5.29. The lowest BCUT2D eigenvalue weighted by atomic mass is 10.0. The molecule has 19 heavy (non-hydrogen) atoms. The van der Waals surface area contributed by atoms with E-state index >= 15 is 0 Å². The second-order valence-corrected chi connectivity index (χ2v) is 5.56. The summed E-state index contributed by atoms with van der Waals surface area (Å²) in [5.74, 6) is 0.361. The number of rotatable bonds is 6. The lowest BCUT2D eigenvalue weighted by molar-refractivity contribution is 0.192. The van der Waals surface area contributed by atoms with Gasteiger partial charge in [-0.25, -0.2) is 0 Å². The van der Waals surface area contributed by atoms with Crippen molar-refractivity contribution < 1.29 is 5.11 Å². The third-order valence-electron chi connectivity index (χ3n) is 4.03. The molecule has 2 rings (SSSR count). The van der Waals surface area contributed by atoms with Crippen LogP contribution in [0.3, 0.4) is 0 Å². The van der Waals surface area contributed by atoms with Crippen LogP contribution in [0, 0.1) is 0 Å². The standard InChI is InChI=1S/C16H26N2O/c1-3-10-18(12-15-7-5-9-17-15)13(2)14-6-4-8-16(19)11-14/h4,6,8,11,13,15,17,19H,3,5,7,9-10,12H2,1-2H3. The SMILES string of the molecule is CCCN(CC1CCCN1)C(C)c1cccc(O)c1. The first-order valence-electron chi connectivity index (χ1n) is 7.47. The van der Waals surface area contributed by atoms with Crippen LogP contribution >= 0.6 is 0 Å². The van der Waals surface area contributed by atoms with Gasteiger partial charge in [-0.2, -0.15) is 0 Å². The third-order valence-corrected chi connectivity index (χ3v) is 4.03. The summed E-state index contributed by atoms with van der Waals surface area (Å²) < 4.78 is 0. The number of nitrogens with one attached hydrogen (secondary N) is 1. The zero-order valence-electron chi connectivity index (χ0n) is 12.1. The van der Waals surface area contributed by atoms with Crippen molar-refractivity contribution in [3.05, 3.63) is 29.8 Å². The molecule has 0 saturated carbocycles. The number of benzene rings is 1. The lowest BCUT2D eigenvalue weighted by Gasteiger charge is -2.31. The van der Waals surface area contributed by atoms with Crippen molar-refractivity contribution in [3.8, 4) is 5.75 Å². The molecule has 1 aliphatic heterocycles. The molecule has 3 nitrogen and oxygen atoms in total. The van der Waals surface area contributed by atoms with Crippen LogP contribution in [-0.4, -0.2) is 35.7 Å². The van der Waals surface area contributed by atoms with Gasteiger partial charge in [-0.15, -0.1) is 0 Å². The fourth-order valence-electron chi connectivity index (χ4n) is 2.92. The van der Waals surface area contributed by atoms with Crippen LogP contribution in [0.5, 0.6) is 5.75 Å². The minimum Gasteiger partial charge on any atom is -0.508 e. The first-order valence-corrected chi connectivity index (χ1v) is 7.47. The van der Waals surface area contributed by atoms with Crippen molar-refractivity contribution in [1.82, 2.24) is 10.2 Å². The van der Waals surface area contributed by atoms with Crippen LogP contribution in [0.1, 0.15) is 44.7 Å². The first-order chi connectivity index (χ1) is 9.20. The van der Waals surface area contributed by atoms with Gasteiger partial charge in [0.15, 0.2) is 0 Å². The van der Waals surface area contributed by atoms with Gasteiger partial charge < -0.3 is 10.4 Å². The Bertz CT molecular complexity index is 388. The number of phenolic OH excluding ortho intramolecular Hbond substituents is 1. The van der Waals surface area contributed by atoms with Gasteiger partial charge in [-0.3, -0.25) is 4.90 Å². The summed E-state index contributed by atoms with van der Waals surface area (Å²) in [5, 5.41) is 13.2. The summed E-state index contributed by atoms with van der Waals surface area (Å²) in [6, 6.07) is 8.64. The zero-order chi connectivity index (χ0) is 13.7. The van der Waals surface area contributed by atoms with Crippen molar-refractivity contribution in [2.45, 2.75) is 45.2 Å². The van der Waals surface area contributed by atoms with Crippen molar-refractivity contribution in [2.24, 2.45) is 0 Å². The summed E-state index contributed by atoms with van der Waals surface area (Å²) in [6.07, 6.45) is 3.74. The topological polar surface area (TPSA) is 35.5 Å². The molecule has 0 aromatic heterocycles. The van der Waals surface area contributed by atoms with E-state index in [0.717, 1.165) is 26.1 Å². The summed E-state index contributed by atoms with van der Waals surface area (Å²) in [7, 11) is 0. The molecule has 1 aromatic carbocycles. The fourth-order valence-corrected chi connectivity index (χ4v) is 2.92. The average molecular weight is 262 g/mol. The highest BCUT2D eigenvalue weighted by atomic mass is 16.3. The second-order valence-electron chi connectivity index (χ2n) is 5.56. The molecule has 2 N–H and O–H groups in total. The summed E-state index contributed by atoms with van der Waals surface area (Å²) >= 11 is 0. The Labute approximate surface area is 116 Å². The van der Waals surface area contributed by atoms with Crippen molar-refractivity contribution in [1.29, 1.82) is 0 Å². The normalized spacial score (nSPS) is 20.9. The molecule has 1 fully saturated rings.